The van der Waals surface area contributed by atoms with Crippen molar-refractivity contribution in [2.24, 2.45) is 5.92 Å². The van der Waals surface area contributed by atoms with Crippen LogP contribution in [0, 0.1) is 5.92 Å². The summed E-state index contributed by atoms with van der Waals surface area (Å²) in [5.41, 5.74) is 5.44. The Morgan fingerprint density at radius 3 is 2.93 bits per heavy atom. The molecule has 1 aromatic heterocycles. The van der Waals surface area contributed by atoms with Crippen LogP contribution in [0.5, 0.6) is 0 Å². The van der Waals surface area contributed by atoms with E-state index in [0.29, 0.717) is 17.9 Å². The Bertz CT molecular complexity index is 291. The zero-order valence-corrected chi connectivity index (χ0v) is 8.45. The molecule has 1 atom stereocenters. The van der Waals surface area contributed by atoms with Crippen LogP contribution in [-0.4, -0.2) is 21.2 Å². The van der Waals surface area contributed by atoms with Gasteiger partial charge in [-0.1, -0.05) is 19.8 Å². The molecule has 0 radical (unpaired) electrons. The highest BCUT2D eigenvalue weighted by atomic mass is 15.3. The normalized spacial score (nSPS) is 18.1. The number of rotatable bonds is 5. The summed E-state index contributed by atoms with van der Waals surface area (Å²) in [5.74, 6) is 1.91. The van der Waals surface area contributed by atoms with Crippen LogP contribution in [0.1, 0.15) is 32.6 Å². The molecule has 14 heavy (non-hydrogen) atoms. The maximum Gasteiger partial charge on any atom is 0.243 e. The van der Waals surface area contributed by atoms with E-state index >= 15 is 0 Å². The predicted octanol–water partition coefficient (Wildman–Crippen LogP) is 1.38. The molecule has 1 aliphatic carbocycles. The lowest BCUT2D eigenvalue weighted by Crippen LogP contribution is -2.19. The molecule has 1 aliphatic rings. The monoisotopic (exact) mass is 195 g/mol. The van der Waals surface area contributed by atoms with Gasteiger partial charge in [0, 0.05) is 6.04 Å². The van der Waals surface area contributed by atoms with Gasteiger partial charge in [0.2, 0.25) is 11.9 Å². The lowest BCUT2D eigenvalue weighted by molar-refractivity contribution is 0.583. The number of nitrogens with one attached hydrogen (secondary N) is 2. The lowest BCUT2D eigenvalue weighted by Gasteiger charge is -2.14. The number of hydrogen-bond donors (Lipinski definition) is 3. The fourth-order valence-corrected chi connectivity index (χ4v) is 1.61. The quantitative estimate of drug-likeness (QED) is 0.663. The summed E-state index contributed by atoms with van der Waals surface area (Å²) in [4.78, 5) is 4.03. The van der Waals surface area contributed by atoms with Crippen molar-refractivity contribution < 1.29 is 0 Å². The van der Waals surface area contributed by atoms with Crippen molar-refractivity contribution in [1.29, 1.82) is 0 Å². The van der Waals surface area contributed by atoms with Crippen LogP contribution in [0.3, 0.4) is 0 Å². The summed E-state index contributed by atoms with van der Waals surface area (Å²) in [5, 5.41) is 9.87. The Hall–Kier alpha value is -1.26. The second-order valence-corrected chi connectivity index (χ2v) is 3.97. The molecule has 0 saturated heterocycles. The van der Waals surface area contributed by atoms with Gasteiger partial charge in [0.05, 0.1) is 0 Å². The Morgan fingerprint density at radius 1 is 1.64 bits per heavy atom. The van der Waals surface area contributed by atoms with Crippen molar-refractivity contribution in [2.75, 3.05) is 11.1 Å². The predicted molar refractivity (Wildman–Crippen MR) is 55.8 cm³/mol. The molecule has 78 valence electrons. The van der Waals surface area contributed by atoms with Gasteiger partial charge in [0.25, 0.3) is 0 Å². The Balaban J connectivity index is 1.86. The first-order chi connectivity index (χ1) is 6.78. The minimum atomic E-state index is 0.369. The van der Waals surface area contributed by atoms with Gasteiger partial charge in [-0.25, -0.2) is 5.10 Å². The average Bonchev–Trinajstić information content (AvgIpc) is 2.89. The number of H-pyrrole nitrogens is 1. The molecule has 1 fully saturated rings. The van der Waals surface area contributed by atoms with E-state index in [9.17, 15) is 0 Å². The summed E-state index contributed by atoms with van der Waals surface area (Å²) < 4.78 is 0. The number of nitrogens with zero attached hydrogens (tertiary/aromatic N) is 2. The van der Waals surface area contributed by atoms with Gasteiger partial charge >= 0.3 is 0 Å². The van der Waals surface area contributed by atoms with E-state index in [1.165, 1.54) is 19.3 Å². The Morgan fingerprint density at radius 2 is 2.43 bits per heavy atom. The lowest BCUT2D eigenvalue weighted by atomic mass is 10.1. The fourth-order valence-electron chi connectivity index (χ4n) is 1.61. The summed E-state index contributed by atoms with van der Waals surface area (Å²) >= 11 is 0. The molecule has 1 aromatic rings. The van der Waals surface area contributed by atoms with E-state index in [0.717, 1.165) is 12.3 Å². The summed E-state index contributed by atoms with van der Waals surface area (Å²) in [6.45, 7) is 2.18. The summed E-state index contributed by atoms with van der Waals surface area (Å²) in [6, 6.07) is 0.484. The van der Waals surface area contributed by atoms with Gasteiger partial charge in [-0.15, -0.1) is 5.10 Å². The van der Waals surface area contributed by atoms with E-state index in [-0.39, 0.29) is 0 Å². The van der Waals surface area contributed by atoms with Crippen LogP contribution in [0.4, 0.5) is 11.9 Å². The number of hydrogen-bond acceptors (Lipinski definition) is 4. The minimum absolute atomic E-state index is 0.369. The number of nitrogens with two attached hydrogens (primary N) is 1. The summed E-state index contributed by atoms with van der Waals surface area (Å²) in [6.07, 6.45) is 5.10. The maximum atomic E-state index is 5.44. The molecule has 1 saturated carbocycles. The largest absolute Gasteiger partial charge is 0.368 e. The SMILES string of the molecule is CCC(CC1CC1)Nc1n[nH]c(N)n1. The zero-order chi connectivity index (χ0) is 9.97. The van der Waals surface area contributed by atoms with Crippen molar-refractivity contribution in [3.63, 3.8) is 0 Å². The van der Waals surface area contributed by atoms with Gasteiger partial charge in [0.1, 0.15) is 0 Å². The van der Waals surface area contributed by atoms with Crippen molar-refractivity contribution in [3.8, 4) is 0 Å². The first kappa shape index (κ1) is 9.30. The number of aromatic nitrogens is 3. The van der Waals surface area contributed by atoms with E-state index < -0.39 is 0 Å². The molecule has 0 bridgehead atoms. The Labute approximate surface area is 83.5 Å². The average molecular weight is 195 g/mol. The summed E-state index contributed by atoms with van der Waals surface area (Å²) in [7, 11) is 0. The van der Waals surface area contributed by atoms with E-state index in [2.05, 4.69) is 27.4 Å². The van der Waals surface area contributed by atoms with Crippen molar-refractivity contribution in [2.45, 2.75) is 38.6 Å². The molecular weight excluding hydrogens is 178 g/mol. The van der Waals surface area contributed by atoms with Crippen LogP contribution >= 0.6 is 0 Å². The highest BCUT2D eigenvalue weighted by molar-refractivity contribution is 5.30. The molecule has 5 heteroatoms. The first-order valence-corrected chi connectivity index (χ1v) is 5.22. The van der Waals surface area contributed by atoms with Crippen LogP contribution in [-0.2, 0) is 0 Å². The third kappa shape index (κ3) is 2.37. The number of anilines is 2. The molecule has 1 unspecified atom stereocenters. The standard InChI is InChI=1S/C9H17N5/c1-2-7(5-6-3-4-6)11-9-12-8(10)13-14-9/h6-7H,2-5H2,1H3,(H4,10,11,12,13,14). The third-order valence-corrected chi connectivity index (χ3v) is 2.64. The van der Waals surface area contributed by atoms with Crippen LogP contribution in [0.2, 0.25) is 0 Å². The molecule has 0 aliphatic heterocycles. The first-order valence-electron chi connectivity index (χ1n) is 5.22. The van der Waals surface area contributed by atoms with Gasteiger partial charge in [-0.3, -0.25) is 0 Å². The van der Waals surface area contributed by atoms with Gasteiger partial charge in [0.15, 0.2) is 0 Å². The molecule has 2 rings (SSSR count). The molecule has 5 nitrogen and oxygen atoms in total. The highest BCUT2D eigenvalue weighted by Gasteiger charge is 2.25. The highest BCUT2D eigenvalue weighted by Crippen LogP contribution is 2.34. The molecule has 1 heterocycles. The van der Waals surface area contributed by atoms with E-state index in [1.807, 2.05) is 0 Å². The van der Waals surface area contributed by atoms with Gasteiger partial charge in [-0.05, 0) is 18.8 Å². The van der Waals surface area contributed by atoms with Crippen molar-refractivity contribution in [3.05, 3.63) is 0 Å². The molecule has 0 aromatic carbocycles. The zero-order valence-electron chi connectivity index (χ0n) is 8.45. The topological polar surface area (TPSA) is 79.6 Å². The molecule has 0 amide bonds. The Kier molecular flexibility index (Phi) is 2.56. The molecule has 4 N–H and O–H groups in total. The number of nitrogen functional groups attached to an aromatic ring is 1. The van der Waals surface area contributed by atoms with Crippen LogP contribution in [0.15, 0.2) is 0 Å². The maximum absolute atomic E-state index is 5.44. The van der Waals surface area contributed by atoms with E-state index in [1.54, 1.807) is 0 Å². The fraction of sp³-hybridized carbons (Fsp3) is 0.778. The van der Waals surface area contributed by atoms with Crippen molar-refractivity contribution >= 4 is 11.9 Å². The molecule has 0 spiro atoms. The smallest absolute Gasteiger partial charge is 0.243 e. The third-order valence-electron chi connectivity index (χ3n) is 2.64. The number of aromatic amines is 1. The molecular formula is C9H17N5. The van der Waals surface area contributed by atoms with Crippen LogP contribution < -0.4 is 11.1 Å². The van der Waals surface area contributed by atoms with E-state index in [4.69, 9.17) is 5.73 Å². The second-order valence-electron chi connectivity index (χ2n) is 3.97. The van der Waals surface area contributed by atoms with Crippen LogP contribution in [0.25, 0.3) is 0 Å². The van der Waals surface area contributed by atoms with Crippen molar-refractivity contribution in [1.82, 2.24) is 15.2 Å². The van der Waals surface area contributed by atoms with Gasteiger partial charge < -0.3 is 11.1 Å². The minimum Gasteiger partial charge on any atom is -0.368 e. The second kappa shape index (κ2) is 3.86. The van der Waals surface area contributed by atoms with Gasteiger partial charge in [-0.2, -0.15) is 4.98 Å².